The van der Waals surface area contributed by atoms with E-state index in [1.807, 2.05) is 32.8 Å². The molecule has 3 aliphatic heterocycles. The van der Waals surface area contributed by atoms with Crippen LogP contribution in [0.25, 0.3) is 0 Å². The first-order valence-corrected chi connectivity index (χ1v) is 21.6. The van der Waals surface area contributed by atoms with Crippen LogP contribution < -0.4 is 5.43 Å². The van der Waals surface area contributed by atoms with Gasteiger partial charge in [-0.1, -0.05) is 26.0 Å². The van der Waals surface area contributed by atoms with Crippen LogP contribution in [0.4, 0.5) is 0 Å². The van der Waals surface area contributed by atoms with E-state index in [1.165, 1.54) is 31.4 Å². The topological polar surface area (TPSA) is 241 Å². The summed E-state index contributed by atoms with van der Waals surface area (Å²) in [5.74, 6) is -4.81. The molecule has 7 rings (SSSR count). The lowest BCUT2D eigenvalue weighted by atomic mass is 9.67. The summed E-state index contributed by atoms with van der Waals surface area (Å²) >= 11 is 0. The highest BCUT2D eigenvalue weighted by molar-refractivity contribution is 6.30. The van der Waals surface area contributed by atoms with Crippen molar-refractivity contribution in [1.29, 1.82) is 0 Å². The van der Waals surface area contributed by atoms with Crippen molar-refractivity contribution >= 4 is 29.2 Å². The fraction of sp³-hybridized carbons (Fsp3) is 0.622. The maximum Gasteiger partial charge on any atom is 0.316 e. The number of nitrogens with zero attached hydrogens (tertiary/aromatic N) is 2. The number of aromatic hydroxyl groups is 2. The molecule has 18 heteroatoms. The summed E-state index contributed by atoms with van der Waals surface area (Å²) in [4.78, 5) is 54.9. The number of esters is 1. The standard InChI is InChI=1S/C45H59N3O15/c1-9-31(51)47-46-26-14-15-32(58-20(26)3)62-43-22(5)60-34(18-29(43)50)63-42-21(4)59-33(17-27(42)48(6)7)61-30-19-45(56,10-2)38(44(55)57-8)24-16-25-37(41(54)36(24)30)40(53)35-23(39(25)52)12-11-13-28(35)49/h11-13,16,20-22,27,29-30,32-34,38,42-43,49-50,54,56H,9-10,14-15,17-19H2,1-8H3,(H,47,51)/b46-26-/t20?,21?,22?,27-,29-,30-,32?,33-,34-,38-,42-,43-,45+/m0/s1. The molecule has 4 unspecified atom stereocenters. The van der Waals surface area contributed by atoms with Crippen LogP contribution in [0, 0.1) is 0 Å². The summed E-state index contributed by atoms with van der Waals surface area (Å²) in [5.41, 5.74) is 0.707. The lowest BCUT2D eigenvalue weighted by molar-refractivity contribution is -0.324. The third-order valence-electron chi connectivity index (χ3n) is 13.1. The Morgan fingerprint density at radius 2 is 1.60 bits per heavy atom. The van der Waals surface area contributed by atoms with Gasteiger partial charge in [-0.05, 0) is 65.4 Å². The molecule has 3 heterocycles. The van der Waals surface area contributed by atoms with Crippen LogP contribution in [-0.2, 0) is 42.7 Å². The summed E-state index contributed by atoms with van der Waals surface area (Å²) in [6, 6.07) is 5.10. The number of hydrogen-bond acceptors (Lipinski definition) is 17. The largest absolute Gasteiger partial charge is 0.507 e. The van der Waals surface area contributed by atoms with Gasteiger partial charge in [-0.25, -0.2) is 5.43 Å². The number of phenols is 2. The van der Waals surface area contributed by atoms with E-state index in [4.69, 9.17) is 33.2 Å². The molecule has 0 spiro atoms. The molecule has 18 nitrogen and oxygen atoms in total. The Kier molecular flexibility index (Phi) is 13.8. The molecule has 3 fully saturated rings. The van der Waals surface area contributed by atoms with Gasteiger partial charge in [0, 0.05) is 54.8 Å². The number of carbonyl (C=O) groups excluding carboxylic acids is 4. The van der Waals surface area contributed by atoms with Crippen LogP contribution in [0.5, 0.6) is 11.5 Å². The lowest BCUT2D eigenvalue weighted by Crippen LogP contribution is -2.58. The number of amides is 1. The van der Waals surface area contributed by atoms with Crippen molar-refractivity contribution in [3.05, 3.63) is 57.6 Å². The Bertz CT molecular complexity index is 2120. The highest BCUT2D eigenvalue weighted by Gasteiger charge is 2.53. The Labute approximate surface area is 365 Å². The third kappa shape index (κ3) is 8.89. The average molecular weight is 882 g/mol. The van der Waals surface area contributed by atoms with Gasteiger partial charge in [0.2, 0.25) is 11.7 Å². The number of aliphatic hydroxyl groups excluding tert-OH is 1. The molecule has 0 aromatic heterocycles. The molecule has 344 valence electrons. The van der Waals surface area contributed by atoms with E-state index in [-0.39, 0.29) is 71.0 Å². The molecule has 2 aromatic rings. The third-order valence-corrected chi connectivity index (χ3v) is 13.1. The normalized spacial score (nSPS) is 34.9. The number of carbonyl (C=O) groups is 4. The van der Waals surface area contributed by atoms with Gasteiger partial charge in [0.15, 0.2) is 24.7 Å². The SMILES string of the molecule is CCC(=O)N/N=C1/CCC(O[C@H]2C(C)O[C@@H](O[C@H]3C(C)O[C@@H](O[C@H]4C[C@](O)(CC)[C@H](C(=O)OC)c5cc6c(c(O)c54)C(=O)c4c(O)cccc4C6=O)C[C@@H]3N(C)C)C[C@@H]2O)OC1C. The zero-order valence-corrected chi connectivity index (χ0v) is 36.9. The maximum atomic E-state index is 14.0. The minimum atomic E-state index is -1.76. The molecule has 1 amide bonds. The average Bonchev–Trinajstić information content (AvgIpc) is 3.23. The van der Waals surface area contributed by atoms with Gasteiger partial charge in [0.25, 0.3) is 0 Å². The summed E-state index contributed by atoms with van der Waals surface area (Å²) < 4.78 is 43.3. The Balaban J connectivity index is 1.08. The van der Waals surface area contributed by atoms with Gasteiger partial charge in [0.1, 0.15) is 29.6 Å². The van der Waals surface area contributed by atoms with E-state index >= 15 is 0 Å². The molecular formula is C45H59N3O15. The molecule has 3 saturated heterocycles. The number of nitrogens with one attached hydrogen (secondary N) is 1. The van der Waals surface area contributed by atoms with E-state index in [2.05, 4.69) is 10.5 Å². The van der Waals surface area contributed by atoms with Gasteiger partial charge in [-0.15, -0.1) is 0 Å². The van der Waals surface area contributed by atoms with E-state index < -0.39 is 102 Å². The van der Waals surface area contributed by atoms with E-state index in [1.54, 1.807) is 20.8 Å². The molecular weight excluding hydrogens is 823 g/mol. The fourth-order valence-corrected chi connectivity index (χ4v) is 9.64. The number of phenolic OH excluding ortho intramolecular Hbond substituents is 2. The molecule has 0 bridgehead atoms. The second-order valence-electron chi connectivity index (χ2n) is 17.3. The first-order valence-electron chi connectivity index (χ1n) is 21.6. The predicted molar refractivity (Wildman–Crippen MR) is 222 cm³/mol. The van der Waals surface area contributed by atoms with Gasteiger partial charge >= 0.3 is 5.97 Å². The summed E-state index contributed by atoms with van der Waals surface area (Å²) in [7, 11) is 4.92. The second-order valence-corrected chi connectivity index (χ2v) is 17.3. The molecule has 13 atom stereocenters. The van der Waals surface area contributed by atoms with Gasteiger partial charge in [-0.2, -0.15) is 5.10 Å². The Hall–Kier alpha value is -4.37. The van der Waals surface area contributed by atoms with Crippen molar-refractivity contribution in [2.45, 2.75) is 159 Å². The molecule has 0 radical (unpaired) electrons. The van der Waals surface area contributed by atoms with Crippen LogP contribution in [0.3, 0.4) is 0 Å². The number of aliphatic hydroxyl groups is 2. The fourth-order valence-electron chi connectivity index (χ4n) is 9.64. The highest BCUT2D eigenvalue weighted by atomic mass is 16.7. The minimum Gasteiger partial charge on any atom is -0.507 e. The number of ketones is 2. The minimum absolute atomic E-state index is 0.0239. The number of likely N-dealkylation sites (N-methyl/N-ethyl adjacent to an activating group) is 1. The number of methoxy groups -OCH3 is 1. The summed E-state index contributed by atoms with van der Waals surface area (Å²) in [6.07, 6.45) is -5.91. The lowest BCUT2D eigenvalue weighted by Gasteiger charge is -2.48. The first-order chi connectivity index (χ1) is 29.9. The van der Waals surface area contributed by atoms with Crippen molar-refractivity contribution < 1.29 is 72.8 Å². The van der Waals surface area contributed by atoms with Crippen LogP contribution >= 0.6 is 0 Å². The smallest absolute Gasteiger partial charge is 0.316 e. The molecule has 2 aromatic carbocycles. The highest BCUT2D eigenvalue weighted by Crippen LogP contribution is 2.54. The number of fused-ring (bicyclic) bond motifs is 3. The first kappa shape index (κ1) is 46.6. The number of hydrazone groups is 1. The monoisotopic (exact) mass is 881 g/mol. The maximum absolute atomic E-state index is 14.0. The van der Waals surface area contributed by atoms with E-state index in [0.717, 1.165) is 0 Å². The Morgan fingerprint density at radius 1 is 0.921 bits per heavy atom. The van der Waals surface area contributed by atoms with Crippen molar-refractivity contribution in [3.63, 3.8) is 0 Å². The summed E-state index contributed by atoms with van der Waals surface area (Å²) in [5, 5.41) is 50.3. The summed E-state index contributed by atoms with van der Waals surface area (Å²) in [6.45, 7) is 8.86. The second kappa shape index (κ2) is 18.6. The number of rotatable bonds is 11. The Morgan fingerprint density at radius 3 is 2.24 bits per heavy atom. The van der Waals surface area contributed by atoms with Crippen LogP contribution in [-0.4, -0.2) is 143 Å². The van der Waals surface area contributed by atoms with Crippen LogP contribution in [0.1, 0.15) is 135 Å². The van der Waals surface area contributed by atoms with E-state index in [9.17, 15) is 39.6 Å². The quantitative estimate of drug-likeness (QED) is 0.137. The zero-order valence-electron chi connectivity index (χ0n) is 36.9. The number of ether oxygens (including phenoxy) is 7. The van der Waals surface area contributed by atoms with Crippen molar-refractivity contribution in [2.24, 2.45) is 5.10 Å². The van der Waals surface area contributed by atoms with Crippen molar-refractivity contribution in [3.8, 4) is 11.5 Å². The van der Waals surface area contributed by atoms with Gasteiger partial charge in [-0.3, -0.25) is 19.2 Å². The molecule has 5 N–H and O–H groups in total. The van der Waals surface area contributed by atoms with Gasteiger partial charge in [0.05, 0.1) is 60.1 Å². The van der Waals surface area contributed by atoms with Crippen LogP contribution in [0.2, 0.25) is 0 Å². The van der Waals surface area contributed by atoms with Crippen molar-refractivity contribution in [2.75, 3.05) is 21.2 Å². The van der Waals surface area contributed by atoms with Gasteiger partial charge < -0.3 is 58.5 Å². The molecule has 2 aliphatic carbocycles. The molecule has 63 heavy (non-hydrogen) atoms. The predicted octanol–water partition coefficient (Wildman–Crippen LogP) is 3.47. The molecule has 0 saturated carbocycles. The number of benzene rings is 2. The molecule has 5 aliphatic rings. The number of hydrogen-bond donors (Lipinski definition) is 5. The zero-order chi connectivity index (χ0) is 45.7. The van der Waals surface area contributed by atoms with Crippen LogP contribution in [0.15, 0.2) is 29.4 Å². The van der Waals surface area contributed by atoms with Crippen molar-refractivity contribution in [1.82, 2.24) is 10.3 Å². The van der Waals surface area contributed by atoms with E-state index in [0.29, 0.717) is 25.0 Å².